The maximum absolute atomic E-state index is 2.67. The molecule has 4 aliphatic rings. The average Bonchev–Trinajstić information content (AvgIpc) is 3.16. The van der Waals surface area contributed by atoms with Crippen molar-refractivity contribution >= 4 is 0 Å². The molecule has 4 aliphatic carbocycles. The predicted octanol–water partition coefficient (Wildman–Crippen LogP) is 4.34. The Balaban J connectivity index is 1.66. The van der Waals surface area contributed by atoms with Crippen LogP contribution in [0.25, 0.3) is 0 Å². The van der Waals surface area contributed by atoms with Crippen LogP contribution in [0.2, 0.25) is 0 Å². The third kappa shape index (κ3) is 1.58. The number of hydrogen-bond donors (Lipinski definition) is 0. The van der Waals surface area contributed by atoms with Crippen LogP contribution in [-0.4, -0.2) is 0 Å². The summed E-state index contributed by atoms with van der Waals surface area (Å²) in [5.74, 6) is 4.77. The molecule has 2 atom stereocenters. The van der Waals surface area contributed by atoms with Gasteiger partial charge in [0.2, 0.25) is 0 Å². The summed E-state index contributed by atoms with van der Waals surface area (Å²) in [7, 11) is 0. The van der Waals surface area contributed by atoms with Crippen LogP contribution in [-0.2, 0) is 0 Å². The van der Waals surface area contributed by atoms with E-state index in [9.17, 15) is 0 Å². The summed E-state index contributed by atoms with van der Waals surface area (Å²) < 4.78 is 0. The van der Waals surface area contributed by atoms with Crippen LogP contribution in [0.3, 0.4) is 0 Å². The molecule has 0 heterocycles. The molecule has 0 aromatic carbocycles. The molecule has 0 amide bonds. The minimum atomic E-state index is 0.863. The Morgan fingerprint density at radius 2 is 1.62 bits per heavy atom. The lowest BCUT2D eigenvalue weighted by Gasteiger charge is -2.29. The van der Waals surface area contributed by atoms with Gasteiger partial charge in [-0.2, -0.15) is 0 Å². The van der Waals surface area contributed by atoms with Gasteiger partial charge in [0, 0.05) is 0 Å². The fourth-order valence-electron chi connectivity index (χ4n) is 3.56. The Morgan fingerprint density at radius 1 is 0.938 bits per heavy atom. The minimum Gasteiger partial charge on any atom is -0.0771 e. The minimum absolute atomic E-state index is 0.863. The molecular formula is C16H22. The lowest BCUT2D eigenvalue weighted by molar-refractivity contribution is 0.413. The quantitative estimate of drug-likeness (QED) is 0.655. The van der Waals surface area contributed by atoms with Crippen LogP contribution in [0, 0.1) is 29.6 Å². The Kier molecular flexibility index (Phi) is 1.93. The van der Waals surface area contributed by atoms with E-state index in [1.807, 2.05) is 5.57 Å². The van der Waals surface area contributed by atoms with Crippen molar-refractivity contribution in [3.63, 3.8) is 0 Å². The number of rotatable bonds is 3. The van der Waals surface area contributed by atoms with Gasteiger partial charge in [-0.15, -0.1) is 0 Å². The first-order valence-corrected chi connectivity index (χ1v) is 7.26. The van der Waals surface area contributed by atoms with E-state index in [2.05, 4.69) is 19.1 Å². The summed E-state index contributed by atoms with van der Waals surface area (Å²) in [6.45, 7) is 2.49. The van der Waals surface area contributed by atoms with E-state index in [0.717, 1.165) is 29.6 Å². The van der Waals surface area contributed by atoms with Crippen LogP contribution in [0.1, 0.15) is 45.4 Å². The van der Waals surface area contributed by atoms with Gasteiger partial charge in [0.05, 0.1) is 0 Å². The summed E-state index contributed by atoms with van der Waals surface area (Å²) in [4.78, 5) is 0. The van der Waals surface area contributed by atoms with Crippen LogP contribution < -0.4 is 0 Å². The third-order valence-electron chi connectivity index (χ3n) is 5.09. The van der Waals surface area contributed by atoms with Crippen molar-refractivity contribution in [2.75, 3.05) is 0 Å². The zero-order valence-electron chi connectivity index (χ0n) is 10.3. The maximum atomic E-state index is 2.67. The first-order chi connectivity index (χ1) is 7.83. The lowest BCUT2D eigenvalue weighted by atomic mass is 9.76. The highest BCUT2D eigenvalue weighted by atomic mass is 14.5. The van der Waals surface area contributed by atoms with Gasteiger partial charge in [0.25, 0.3) is 0 Å². The Hall–Kier alpha value is -0.520. The average molecular weight is 214 g/mol. The maximum Gasteiger partial charge on any atom is -0.0136 e. The van der Waals surface area contributed by atoms with Crippen molar-refractivity contribution in [2.45, 2.75) is 45.4 Å². The first-order valence-electron chi connectivity index (χ1n) is 7.26. The molecule has 0 aromatic rings. The highest BCUT2D eigenvalue weighted by molar-refractivity contribution is 5.38. The molecule has 0 saturated heterocycles. The summed E-state index contributed by atoms with van der Waals surface area (Å²) >= 11 is 0. The van der Waals surface area contributed by atoms with Gasteiger partial charge in [-0.1, -0.05) is 24.6 Å². The van der Waals surface area contributed by atoms with E-state index in [1.165, 1.54) is 38.5 Å². The molecule has 0 aliphatic heterocycles. The van der Waals surface area contributed by atoms with Crippen LogP contribution >= 0.6 is 0 Å². The third-order valence-corrected chi connectivity index (χ3v) is 5.09. The van der Waals surface area contributed by atoms with E-state index >= 15 is 0 Å². The van der Waals surface area contributed by atoms with Crippen molar-refractivity contribution in [1.82, 2.24) is 0 Å². The van der Waals surface area contributed by atoms with Gasteiger partial charge in [-0.3, -0.25) is 0 Å². The fraction of sp³-hybridized carbons (Fsp3) is 0.750. The largest absolute Gasteiger partial charge is 0.0771 e. The fourth-order valence-corrected chi connectivity index (χ4v) is 3.56. The van der Waals surface area contributed by atoms with Crippen molar-refractivity contribution in [2.24, 2.45) is 29.6 Å². The van der Waals surface area contributed by atoms with Gasteiger partial charge >= 0.3 is 0 Å². The molecule has 0 spiro atoms. The van der Waals surface area contributed by atoms with Gasteiger partial charge in [0.15, 0.2) is 0 Å². The molecule has 0 bridgehead atoms. The van der Waals surface area contributed by atoms with E-state index in [1.54, 1.807) is 5.57 Å². The van der Waals surface area contributed by atoms with Crippen LogP contribution in [0.4, 0.5) is 0 Å². The van der Waals surface area contributed by atoms with E-state index < -0.39 is 0 Å². The lowest BCUT2D eigenvalue weighted by Crippen LogP contribution is -2.19. The molecule has 0 N–H and O–H groups in total. The Morgan fingerprint density at radius 3 is 2.19 bits per heavy atom. The molecule has 0 nitrogen and oxygen atoms in total. The second-order valence-electron chi connectivity index (χ2n) is 6.56. The summed E-state index contributed by atoms with van der Waals surface area (Å²) in [6.07, 6.45) is 14.2. The molecule has 86 valence electrons. The number of allylic oxidation sites excluding steroid dienone is 4. The first kappa shape index (κ1) is 9.50. The van der Waals surface area contributed by atoms with Gasteiger partial charge < -0.3 is 0 Å². The molecule has 0 aromatic heterocycles. The molecule has 16 heavy (non-hydrogen) atoms. The zero-order valence-corrected chi connectivity index (χ0v) is 10.3. The second kappa shape index (κ2) is 3.24. The Bertz CT molecular complexity index is 361. The van der Waals surface area contributed by atoms with E-state index in [-0.39, 0.29) is 0 Å². The van der Waals surface area contributed by atoms with Crippen molar-refractivity contribution in [1.29, 1.82) is 0 Å². The molecule has 3 fully saturated rings. The molecule has 4 rings (SSSR count). The zero-order chi connectivity index (χ0) is 10.7. The monoisotopic (exact) mass is 214 g/mol. The van der Waals surface area contributed by atoms with Crippen LogP contribution in [0.15, 0.2) is 23.3 Å². The van der Waals surface area contributed by atoms with E-state index in [4.69, 9.17) is 0 Å². The normalized spacial score (nSPS) is 39.3. The van der Waals surface area contributed by atoms with Crippen LogP contribution in [0.5, 0.6) is 0 Å². The molecule has 3 saturated carbocycles. The second-order valence-corrected chi connectivity index (χ2v) is 6.56. The smallest absolute Gasteiger partial charge is 0.0136 e. The van der Waals surface area contributed by atoms with Crippen molar-refractivity contribution in [3.8, 4) is 0 Å². The van der Waals surface area contributed by atoms with Gasteiger partial charge in [-0.05, 0) is 73.7 Å². The molecule has 0 radical (unpaired) electrons. The number of hydrogen-bond acceptors (Lipinski definition) is 0. The predicted molar refractivity (Wildman–Crippen MR) is 67.0 cm³/mol. The van der Waals surface area contributed by atoms with Gasteiger partial charge in [0.1, 0.15) is 0 Å². The van der Waals surface area contributed by atoms with Crippen molar-refractivity contribution < 1.29 is 0 Å². The van der Waals surface area contributed by atoms with E-state index in [0.29, 0.717) is 0 Å². The highest BCUT2D eigenvalue weighted by Gasteiger charge is 2.41. The molecular weight excluding hydrogens is 192 g/mol. The molecule has 2 unspecified atom stereocenters. The standard InChI is InChI=1S/C16H22/c1-10-15(12-4-5-12)8-14(11-2-3-11)9-16(10)13-6-7-13/h8-13,15H,2-7H2,1H3. The molecule has 0 heteroatoms. The SMILES string of the molecule is CC1C(C2CC2)=CC(C2CC2)=CC1C1CC1. The van der Waals surface area contributed by atoms with Crippen molar-refractivity contribution in [3.05, 3.63) is 23.3 Å². The summed E-state index contributed by atoms with van der Waals surface area (Å²) in [6, 6.07) is 0. The van der Waals surface area contributed by atoms with Gasteiger partial charge in [-0.25, -0.2) is 0 Å². The topological polar surface area (TPSA) is 0 Å². The summed E-state index contributed by atoms with van der Waals surface area (Å²) in [5.41, 5.74) is 3.57. The summed E-state index contributed by atoms with van der Waals surface area (Å²) in [5, 5.41) is 0. The highest BCUT2D eigenvalue weighted by Crippen LogP contribution is 2.53. The Labute approximate surface area is 98.8 Å².